The van der Waals surface area contributed by atoms with E-state index in [-0.39, 0.29) is 5.91 Å². The molecule has 1 aromatic carbocycles. The van der Waals surface area contributed by atoms with E-state index in [9.17, 15) is 4.79 Å². The van der Waals surface area contributed by atoms with Crippen molar-refractivity contribution < 1.29 is 4.79 Å². The van der Waals surface area contributed by atoms with Crippen LogP contribution in [0.25, 0.3) is 0 Å². The molecule has 92 valence electrons. The quantitative estimate of drug-likeness (QED) is 0.843. The highest BCUT2D eigenvalue weighted by Gasteiger charge is 2.16. The Labute approximate surface area is 114 Å². The average molecular weight is 315 g/mol. The Morgan fingerprint density at radius 2 is 2.41 bits per heavy atom. The molecule has 1 fully saturated rings. The summed E-state index contributed by atoms with van der Waals surface area (Å²) in [5.74, 6) is 1.17. The fraction of sp³-hybridized carbons (Fsp3) is 0.417. The van der Waals surface area contributed by atoms with E-state index in [0.717, 1.165) is 11.0 Å². The number of anilines is 1. The summed E-state index contributed by atoms with van der Waals surface area (Å²) in [5.41, 5.74) is 6.96. The average Bonchev–Trinajstić information content (AvgIpc) is 2.82. The fourth-order valence-corrected chi connectivity index (χ4v) is 3.25. The fourth-order valence-electron chi connectivity index (χ4n) is 1.80. The van der Waals surface area contributed by atoms with Crippen molar-refractivity contribution in [1.29, 1.82) is 0 Å². The van der Waals surface area contributed by atoms with Crippen LogP contribution in [0.15, 0.2) is 22.7 Å². The number of carbonyl (C=O) groups excluding carboxylic acids is 1. The maximum Gasteiger partial charge on any atom is 0.251 e. The lowest BCUT2D eigenvalue weighted by molar-refractivity contribution is 0.0953. The molecule has 5 heteroatoms. The van der Waals surface area contributed by atoms with Gasteiger partial charge < -0.3 is 11.1 Å². The molecule has 1 amide bonds. The first kappa shape index (κ1) is 12.8. The van der Waals surface area contributed by atoms with Crippen LogP contribution in [0.1, 0.15) is 23.2 Å². The molecule has 0 bridgehead atoms. The van der Waals surface area contributed by atoms with Crippen LogP contribution in [-0.4, -0.2) is 23.5 Å². The van der Waals surface area contributed by atoms with Crippen LogP contribution < -0.4 is 11.1 Å². The van der Waals surface area contributed by atoms with E-state index in [0.29, 0.717) is 16.5 Å². The molecule has 1 aromatic rings. The van der Waals surface area contributed by atoms with Gasteiger partial charge >= 0.3 is 0 Å². The van der Waals surface area contributed by atoms with Crippen LogP contribution in [0.5, 0.6) is 0 Å². The Bertz CT molecular complexity index is 419. The third-order valence-electron chi connectivity index (χ3n) is 2.77. The number of amides is 1. The van der Waals surface area contributed by atoms with Gasteiger partial charge in [0.15, 0.2) is 0 Å². The highest BCUT2D eigenvalue weighted by molar-refractivity contribution is 9.10. The zero-order valence-electron chi connectivity index (χ0n) is 9.41. The number of halogens is 1. The van der Waals surface area contributed by atoms with Gasteiger partial charge in [0, 0.05) is 27.5 Å². The second-order valence-corrected chi connectivity index (χ2v) is 6.34. The van der Waals surface area contributed by atoms with E-state index in [2.05, 4.69) is 21.2 Å². The molecular weight excluding hydrogens is 300 g/mol. The van der Waals surface area contributed by atoms with Gasteiger partial charge in [-0.3, -0.25) is 4.79 Å². The summed E-state index contributed by atoms with van der Waals surface area (Å²) in [6, 6.07) is 5.27. The molecule has 1 unspecified atom stereocenters. The van der Waals surface area contributed by atoms with E-state index >= 15 is 0 Å². The van der Waals surface area contributed by atoms with Crippen molar-refractivity contribution in [3.63, 3.8) is 0 Å². The lowest BCUT2D eigenvalue weighted by Crippen LogP contribution is -2.29. The Hall–Kier alpha value is -0.680. The van der Waals surface area contributed by atoms with Gasteiger partial charge in [0.1, 0.15) is 0 Å². The molecule has 0 aromatic heterocycles. The van der Waals surface area contributed by atoms with Gasteiger partial charge in [-0.1, -0.05) is 0 Å². The van der Waals surface area contributed by atoms with Crippen molar-refractivity contribution in [2.45, 2.75) is 18.1 Å². The van der Waals surface area contributed by atoms with Gasteiger partial charge in [-0.25, -0.2) is 0 Å². The monoisotopic (exact) mass is 314 g/mol. The molecule has 1 saturated heterocycles. The van der Waals surface area contributed by atoms with Gasteiger partial charge in [-0.05, 0) is 52.7 Å². The lowest BCUT2D eigenvalue weighted by Gasteiger charge is -2.10. The minimum Gasteiger partial charge on any atom is -0.398 e. The van der Waals surface area contributed by atoms with Crippen LogP contribution in [0.2, 0.25) is 0 Å². The Kier molecular flexibility index (Phi) is 4.34. The van der Waals surface area contributed by atoms with E-state index in [1.165, 1.54) is 18.6 Å². The summed E-state index contributed by atoms with van der Waals surface area (Å²) >= 11 is 5.25. The summed E-state index contributed by atoms with van der Waals surface area (Å²) in [7, 11) is 0. The number of rotatable bonds is 3. The SMILES string of the molecule is Nc1cc(C(=O)NCC2CCCS2)ccc1Br. The van der Waals surface area contributed by atoms with Gasteiger partial charge in [0.05, 0.1) is 0 Å². The number of nitrogen functional groups attached to an aromatic ring is 1. The number of nitrogens with two attached hydrogens (primary N) is 1. The molecule has 0 radical (unpaired) electrons. The highest BCUT2D eigenvalue weighted by Crippen LogP contribution is 2.25. The van der Waals surface area contributed by atoms with Crippen molar-refractivity contribution >= 4 is 39.3 Å². The van der Waals surface area contributed by atoms with Crippen molar-refractivity contribution in [2.75, 3.05) is 18.0 Å². The Balaban J connectivity index is 1.92. The van der Waals surface area contributed by atoms with Gasteiger partial charge in [-0.2, -0.15) is 11.8 Å². The van der Waals surface area contributed by atoms with Crippen molar-refractivity contribution in [3.05, 3.63) is 28.2 Å². The molecule has 0 aliphatic carbocycles. The lowest BCUT2D eigenvalue weighted by atomic mass is 10.2. The molecule has 17 heavy (non-hydrogen) atoms. The third kappa shape index (κ3) is 3.39. The molecule has 3 nitrogen and oxygen atoms in total. The van der Waals surface area contributed by atoms with E-state index in [1.54, 1.807) is 18.2 Å². The maximum atomic E-state index is 11.9. The maximum absolute atomic E-state index is 11.9. The van der Waals surface area contributed by atoms with Crippen LogP contribution in [0, 0.1) is 0 Å². The smallest absolute Gasteiger partial charge is 0.251 e. The van der Waals surface area contributed by atoms with Crippen molar-refractivity contribution in [3.8, 4) is 0 Å². The van der Waals surface area contributed by atoms with E-state index in [4.69, 9.17) is 5.73 Å². The Morgan fingerprint density at radius 3 is 3.06 bits per heavy atom. The molecule has 1 atom stereocenters. The first-order chi connectivity index (χ1) is 8.16. The highest BCUT2D eigenvalue weighted by atomic mass is 79.9. The Morgan fingerprint density at radius 1 is 1.59 bits per heavy atom. The zero-order chi connectivity index (χ0) is 12.3. The van der Waals surface area contributed by atoms with Gasteiger partial charge in [0.25, 0.3) is 5.91 Å². The van der Waals surface area contributed by atoms with Gasteiger partial charge in [-0.15, -0.1) is 0 Å². The van der Waals surface area contributed by atoms with Crippen molar-refractivity contribution in [2.24, 2.45) is 0 Å². The molecular formula is C12H15BrN2OS. The predicted octanol–water partition coefficient (Wildman–Crippen LogP) is 2.66. The normalized spacial score (nSPS) is 19.2. The van der Waals surface area contributed by atoms with E-state index < -0.39 is 0 Å². The molecule has 2 rings (SSSR count). The van der Waals surface area contributed by atoms with Crippen LogP contribution in [0.4, 0.5) is 5.69 Å². The second kappa shape index (κ2) is 5.78. The molecule has 1 aliphatic heterocycles. The summed E-state index contributed by atoms with van der Waals surface area (Å²) in [4.78, 5) is 11.9. The summed E-state index contributed by atoms with van der Waals surface area (Å²) in [6.07, 6.45) is 2.46. The van der Waals surface area contributed by atoms with E-state index in [1.807, 2.05) is 11.8 Å². The summed E-state index contributed by atoms with van der Waals surface area (Å²) in [6.45, 7) is 0.749. The molecule has 1 heterocycles. The number of nitrogens with one attached hydrogen (secondary N) is 1. The zero-order valence-corrected chi connectivity index (χ0v) is 11.8. The van der Waals surface area contributed by atoms with Crippen LogP contribution >= 0.6 is 27.7 Å². The minimum atomic E-state index is -0.0447. The van der Waals surface area contributed by atoms with Gasteiger partial charge in [0.2, 0.25) is 0 Å². The number of carbonyl (C=O) groups is 1. The number of benzene rings is 1. The standard InChI is InChI=1S/C12H15BrN2OS/c13-10-4-3-8(6-11(10)14)12(16)15-7-9-2-1-5-17-9/h3-4,6,9H,1-2,5,7,14H2,(H,15,16). The molecule has 0 saturated carbocycles. The molecule has 1 aliphatic rings. The predicted molar refractivity (Wildman–Crippen MR) is 76.4 cm³/mol. The summed E-state index contributed by atoms with van der Waals surface area (Å²) < 4.78 is 0.820. The first-order valence-electron chi connectivity index (χ1n) is 5.61. The number of hydrogen-bond acceptors (Lipinski definition) is 3. The first-order valence-corrected chi connectivity index (χ1v) is 7.46. The summed E-state index contributed by atoms with van der Waals surface area (Å²) in [5, 5.41) is 3.53. The van der Waals surface area contributed by atoms with Crippen molar-refractivity contribution in [1.82, 2.24) is 5.32 Å². The largest absolute Gasteiger partial charge is 0.398 e. The molecule has 0 spiro atoms. The number of hydrogen-bond donors (Lipinski definition) is 2. The third-order valence-corrected chi connectivity index (χ3v) is 4.89. The van der Waals surface area contributed by atoms with Crippen LogP contribution in [-0.2, 0) is 0 Å². The van der Waals surface area contributed by atoms with Crippen LogP contribution in [0.3, 0.4) is 0 Å². The topological polar surface area (TPSA) is 55.1 Å². The number of thioether (sulfide) groups is 1. The molecule has 3 N–H and O–H groups in total. The minimum absolute atomic E-state index is 0.0447. The second-order valence-electron chi connectivity index (χ2n) is 4.08.